The van der Waals surface area contributed by atoms with Crippen LogP contribution in [-0.4, -0.2) is 85.3 Å². The van der Waals surface area contributed by atoms with Crippen molar-refractivity contribution in [2.45, 2.75) is 20.3 Å². The molecule has 10 heteroatoms. The molecule has 0 saturated carbocycles. The summed E-state index contributed by atoms with van der Waals surface area (Å²) >= 11 is 0. The topological polar surface area (TPSA) is 88.1 Å². The number of halogens is 1. The molecule has 9 nitrogen and oxygen atoms in total. The van der Waals surface area contributed by atoms with Gasteiger partial charge in [0.25, 0.3) is 5.91 Å². The Labute approximate surface area is 234 Å². The van der Waals surface area contributed by atoms with Crippen molar-refractivity contribution in [3.63, 3.8) is 0 Å². The monoisotopic (exact) mass is 549 g/mol. The van der Waals surface area contributed by atoms with Gasteiger partial charge in [-0.25, -0.2) is 4.39 Å². The summed E-state index contributed by atoms with van der Waals surface area (Å²) in [7, 11) is 3.20. The van der Waals surface area contributed by atoms with Crippen LogP contribution in [-0.2, 0) is 4.79 Å². The van der Waals surface area contributed by atoms with Crippen molar-refractivity contribution in [3.8, 4) is 22.8 Å². The molecule has 0 spiro atoms. The van der Waals surface area contributed by atoms with E-state index in [1.807, 2.05) is 38.1 Å². The zero-order chi connectivity index (χ0) is 28.6. The quantitative estimate of drug-likeness (QED) is 0.376. The normalized spacial score (nSPS) is 14.0. The average Bonchev–Trinajstić information content (AvgIpc) is 3.00. The van der Waals surface area contributed by atoms with Crippen LogP contribution >= 0.6 is 0 Å². The smallest absolute Gasteiger partial charge is 0.254 e. The van der Waals surface area contributed by atoms with Gasteiger partial charge >= 0.3 is 0 Å². The van der Waals surface area contributed by atoms with Crippen LogP contribution in [0.15, 0.2) is 54.6 Å². The lowest BCUT2D eigenvalue weighted by molar-refractivity contribution is -0.132. The third-order valence-corrected chi connectivity index (χ3v) is 7.21. The van der Waals surface area contributed by atoms with E-state index in [0.717, 1.165) is 17.8 Å². The second-order valence-corrected chi connectivity index (χ2v) is 9.92. The van der Waals surface area contributed by atoms with E-state index >= 15 is 0 Å². The van der Waals surface area contributed by atoms with Crippen molar-refractivity contribution in [2.24, 2.45) is 5.92 Å². The Kier molecular flexibility index (Phi) is 9.52. The number of rotatable bonds is 10. The van der Waals surface area contributed by atoms with Gasteiger partial charge in [0.2, 0.25) is 5.91 Å². The Bertz CT molecular complexity index is 1310. The van der Waals surface area contributed by atoms with E-state index in [2.05, 4.69) is 15.1 Å². The van der Waals surface area contributed by atoms with Crippen LogP contribution in [0.25, 0.3) is 11.3 Å². The highest BCUT2D eigenvalue weighted by atomic mass is 19.1. The van der Waals surface area contributed by atoms with Crippen LogP contribution < -0.4 is 14.4 Å². The molecule has 4 rings (SSSR count). The Morgan fingerprint density at radius 1 is 1.00 bits per heavy atom. The van der Waals surface area contributed by atoms with Crippen LogP contribution in [0, 0.1) is 11.7 Å². The first kappa shape index (κ1) is 28.8. The Morgan fingerprint density at radius 3 is 2.40 bits per heavy atom. The first-order valence-corrected chi connectivity index (χ1v) is 13.5. The van der Waals surface area contributed by atoms with Crippen LogP contribution in [0.3, 0.4) is 0 Å². The van der Waals surface area contributed by atoms with E-state index in [1.54, 1.807) is 31.3 Å². The molecule has 40 heavy (non-hydrogen) atoms. The molecule has 1 aliphatic heterocycles. The van der Waals surface area contributed by atoms with E-state index in [-0.39, 0.29) is 29.8 Å². The van der Waals surface area contributed by atoms with Crippen LogP contribution in [0.2, 0.25) is 0 Å². The number of ether oxygens (including phenoxy) is 2. The Hall–Kier alpha value is -4.21. The fourth-order valence-electron chi connectivity index (χ4n) is 4.62. The third-order valence-electron chi connectivity index (χ3n) is 7.21. The minimum absolute atomic E-state index is 0.0438. The molecular weight excluding hydrogens is 513 g/mol. The summed E-state index contributed by atoms with van der Waals surface area (Å²) in [5.74, 6) is 1.34. The molecule has 1 fully saturated rings. The minimum Gasteiger partial charge on any atom is -0.497 e. The number of methoxy groups -OCH3 is 2. The summed E-state index contributed by atoms with van der Waals surface area (Å²) in [6, 6.07) is 14.9. The van der Waals surface area contributed by atoms with Gasteiger partial charge in [0.15, 0.2) is 5.82 Å². The highest BCUT2D eigenvalue weighted by Gasteiger charge is 2.27. The summed E-state index contributed by atoms with van der Waals surface area (Å²) in [5.41, 5.74) is 1.74. The van der Waals surface area contributed by atoms with Gasteiger partial charge in [-0.2, -0.15) is 0 Å². The molecule has 1 atom stereocenters. The Morgan fingerprint density at radius 2 is 1.77 bits per heavy atom. The second-order valence-electron chi connectivity index (χ2n) is 9.92. The molecule has 0 bridgehead atoms. The summed E-state index contributed by atoms with van der Waals surface area (Å²) < 4.78 is 24.5. The zero-order valence-electron chi connectivity index (χ0n) is 23.5. The van der Waals surface area contributed by atoms with Gasteiger partial charge in [-0.3, -0.25) is 9.59 Å². The van der Waals surface area contributed by atoms with Gasteiger partial charge in [0.05, 0.1) is 19.9 Å². The minimum atomic E-state index is -0.476. The van der Waals surface area contributed by atoms with Crippen LogP contribution in [0.1, 0.15) is 30.6 Å². The van der Waals surface area contributed by atoms with Crippen molar-refractivity contribution in [1.29, 1.82) is 0 Å². The highest BCUT2D eigenvalue weighted by molar-refractivity contribution is 5.96. The number of hydrogen-bond donors (Lipinski definition) is 0. The van der Waals surface area contributed by atoms with Crippen LogP contribution in [0.5, 0.6) is 11.5 Å². The maximum Gasteiger partial charge on any atom is 0.254 e. The van der Waals surface area contributed by atoms with Gasteiger partial charge in [-0.1, -0.05) is 26.3 Å². The number of carbonyl (C=O) groups is 2. The Balaban J connectivity index is 1.38. The first-order valence-electron chi connectivity index (χ1n) is 13.5. The lowest BCUT2D eigenvalue weighted by Gasteiger charge is -2.36. The number of aromatic nitrogens is 2. The molecule has 0 radical (unpaired) electrons. The van der Waals surface area contributed by atoms with Crippen molar-refractivity contribution < 1.29 is 23.5 Å². The maximum atomic E-state index is 13.7. The lowest BCUT2D eigenvalue weighted by atomic mass is 10.1. The van der Waals surface area contributed by atoms with Gasteiger partial charge in [-0.15, -0.1) is 10.2 Å². The second kappa shape index (κ2) is 13.2. The number of amides is 2. The summed E-state index contributed by atoms with van der Waals surface area (Å²) in [6.07, 6.45) is 0.866. The molecule has 1 unspecified atom stereocenters. The van der Waals surface area contributed by atoms with Gasteiger partial charge in [-0.05, 0) is 48.4 Å². The van der Waals surface area contributed by atoms with E-state index in [1.165, 1.54) is 23.1 Å². The largest absolute Gasteiger partial charge is 0.497 e. The fraction of sp³-hybridized carbons (Fsp3) is 0.400. The number of piperazine rings is 1. The molecule has 0 aliphatic carbocycles. The standard InChI is InChI=1S/C30H36FN5O4/c1-5-21(2)19-36(30(38)22-7-6-8-23(31)17-22)20-29(37)35-15-13-34(14-16-35)28-12-11-26(32-33-28)25-10-9-24(39-3)18-27(25)40-4/h6-12,17-18,21H,5,13-16,19-20H2,1-4H3. The molecule has 2 aromatic carbocycles. The molecule has 2 amide bonds. The number of anilines is 1. The van der Waals surface area contributed by atoms with Crippen molar-refractivity contribution >= 4 is 17.6 Å². The third kappa shape index (κ3) is 6.86. The molecule has 0 N–H and O–H groups in total. The SMILES string of the molecule is CCC(C)CN(CC(=O)N1CCN(c2ccc(-c3ccc(OC)cc3OC)nn2)CC1)C(=O)c1cccc(F)c1. The van der Waals surface area contributed by atoms with Crippen molar-refractivity contribution in [3.05, 3.63) is 66.0 Å². The van der Waals surface area contributed by atoms with E-state index in [9.17, 15) is 14.0 Å². The number of benzene rings is 2. The number of hydrogen-bond acceptors (Lipinski definition) is 7. The first-order chi connectivity index (χ1) is 19.3. The fourth-order valence-corrected chi connectivity index (χ4v) is 4.62. The maximum absolute atomic E-state index is 13.7. The van der Waals surface area contributed by atoms with Gasteiger partial charge in [0, 0.05) is 49.9 Å². The van der Waals surface area contributed by atoms with Crippen molar-refractivity contribution in [1.82, 2.24) is 20.0 Å². The predicted molar refractivity (Wildman–Crippen MR) is 151 cm³/mol. The lowest BCUT2D eigenvalue weighted by Crippen LogP contribution is -2.52. The van der Waals surface area contributed by atoms with Crippen molar-refractivity contribution in [2.75, 3.05) is 58.4 Å². The highest BCUT2D eigenvalue weighted by Crippen LogP contribution is 2.32. The number of nitrogens with zero attached hydrogens (tertiary/aromatic N) is 5. The molecule has 1 saturated heterocycles. The van der Waals surface area contributed by atoms with E-state index in [4.69, 9.17) is 9.47 Å². The van der Waals surface area contributed by atoms with E-state index < -0.39 is 5.82 Å². The van der Waals surface area contributed by atoms with Crippen LogP contribution in [0.4, 0.5) is 10.2 Å². The molecule has 2 heterocycles. The molecule has 212 valence electrons. The molecule has 3 aromatic rings. The van der Waals surface area contributed by atoms with E-state index in [0.29, 0.717) is 49.9 Å². The zero-order valence-corrected chi connectivity index (χ0v) is 23.5. The van der Waals surface area contributed by atoms with Gasteiger partial charge in [0.1, 0.15) is 23.9 Å². The van der Waals surface area contributed by atoms with Gasteiger partial charge < -0.3 is 24.2 Å². The predicted octanol–water partition coefficient (Wildman–Crippen LogP) is 4.14. The summed E-state index contributed by atoms with van der Waals surface area (Å²) in [5, 5.41) is 8.83. The molecule has 1 aliphatic rings. The molecule has 1 aromatic heterocycles. The molecular formula is C30H36FN5O4. The summed E-state index contributed by atoms with van der Waals surface area (Å²) in [4.78, 5) is 31.8. The summed E-state index contributed by atoms with van der Waals surface area (Å²) in [6.45, 7) is 6.64. The number of carbonyl (C=O) groups excluding carboxylic acids is 2. The average molecular weight is 550 g/mol.